The van der Waals surface area contributed by atoms with Gasteiger partial charge in [-0.25, -0.2) is 0 Å². The van der Waals surface area contributed by atoms with Crippen LogP contribution in [0.15, 0.2) is 24.3 Å². The molecule has 1 N–H and O–H groups in total. The van der Waals surface area contributed by atoms with Crippen LogP contribution in [0.5, 0.6) is 0 Å². The summed E-state index contributed by atoms with van der Waals surface area (Å²) in [5.41, 5.74) is 1.04. The molecule has 2 rings (SSSR count). The van der Waals surface area contributed by atoms with Crippen LogP contribution >= 0.6 is 11.6 Å². The molecule has 0 spiro atoms. The first-order valence-electron chi connectivity index (χ1n) is 7.68. The number of rotatable bonds is 6. The summed E-state index contributed by atoms with van der Waals surface area (Å²) in [7, 11) is 0. The van der Waals surface area contributed by atoms with E-state index in [0.29, 0.717) is 17.6 Å². The van der Waals surface area contributed by atoms with Gasteiger partial charge in [0.1, 0.15) is 5.78 Å². The van der Waals surface area contributed by atoms with Gasteiger partial charge in [0, 0.05) is 36.7 Å². The predicted molar refractivity (Wildman–Crippen MR) is 85.9 cm³/mol. The Hall–Kier alpha value is -0.900. The molecule has 0 saturated carbocycles. The highest BCUT2D eigenvalue weighted by Gasteiger charge is 2.24. The van der Waals surface area contributed by atoms with Gasteiger partial charge in [0.05, 0.1) is 5.92 Å². The molecule has 0 radical (unpaired) electrons. The van der Waals surface area contributed by atoms with E-state index >= 15 is 0 Å². The standard InChI is InChI=1S/C17H24ClNO2/c1-12(2)17(20)16(13-3-5-14(18)6-4-13)11-19-15-7-9-21-10-8-15/h3-6,12,15-16,19H,7-11H2,1-2H3/t16-/m1/s1. The topological polar surface area (TPSA) is 38.3 Å². The number of carbonyl (C=O) groups is 1. The molecule has 0 aliphatic carbocycles. The Balaban J connectivity index is 2.04. The third kappa shape index (κ3) is 4.80. The summed E-state index contributed by atoms with van der Waals surface area (Å²) in [5, 5.41) is 4.24. The average Bonchev–Trinajstić information content (AvgIpc) is 2.50. The van der Waals surface area contributed by atoms with Crippen molar-refractivity contribution in [1.29, 1.82) is 0 Å². The molecule has 0 aromatic heterocycles. The van der Waals surface area contributed by atoms with E-state index in [1.165, 1.54) is 0 Å². The molecule has 1 aliphatic rings. The van der Waals surface area contributed by atoms with Gasteiger partial charge in [-0.05, 0) is 30.5 Å². The van der Waals surface area contributed by atoms with Gasteiger partial charge in [0.25, 0.3) is 0 Å². The zero-order chi connectivity index (χ0) is 15.2. The lowest BCUT2D eigenvalue weighted by molar-refractivity contribution is -0.123. The van der Waals surface area contributed by atoms with Crippen molar-refractivity contribution in [2.75, 3.05) is 19.8 Å². The summed E-state index contributed by atoms with van der Waals surface area (Å²) >= 11 is 5.94. The first-order valence-corrected chi connectivity index (χ1v) is 8.06. The maximum absolute atomic E-state index is 12.5. The van der Waals surface area contributed by atoms with Crippen LogP contribution in [0.1, 0.15) is 38.2 Å². The molecule has 0 amide bonds. The highest BCUT2D eigenvalue weighted by Crippen LogP contribution is 2.22. The zero-order valence-corrected chi connectivity index (χ0v) is 13.5. The lowest BCUT2D eigenvalue weighted by Gasteiger charge is -2.26. The molecule has 1 atom stereocenters. The Bertz CT molecular complexity index is 452. The number of ether oxygens (including phenoxy) is 1. The second kappa shape index (κ2) is 7.92. The molecule has 1 fully saturated rings. The van der Waals surface area contributed by atoms with Crippen LogP contribution in [0.25, 0.3) is 0 Å². The molecule has 116 valence electrons. The van der Waals surface area contributed by atoms with Crippen molar-refractivity contribution in [2.24, 2.45) is 5.92 Å². The monoisotopic (exact) mass is 309 g/mol. The molecule has 1 aromatic rings. The maximum atomic E-state index is 12.5. The van der Waals surface area contributed by atoms with E-state index in [4.69, 9.17) is 16.3 Å². The Morgan fingerprint density at radius 3 is 2.48 bits per heavy atom. The number of carbonyl (C=O) groups excluding carboxylic acids is 1. The number of hydrogen-bond acceptors (Lipinski definition) is 3. The quantitative estimate of drug-likeness (QED) is 0.875. The minimum absolute atomic E-state index is 0.0298. The summed E-state index contributed by atoms with van der Waals surface area (Å²) in [4.78, 5) is 12.5. The number of halogens is 1. The van der Waals surface area contributed by atoms with Crippen molar-refractivity contribution in [3.05, 3.63) is 34.9 Å². The fraction of sp³-hybridized carbons (Fsp3) is 0.588. The van der Waals surface area contributed by atoms with Crippen molar-refractivity contribution in [1.82, 2.24) is 5.32 Å². The zero-order valence-electron chi connectivity index (χ0n) is 12.8. The largest absolute Gasteiger partial charge is 0.381 e. The maximum Gasteiger partial charge on any atom is 0.144 e. The van der Waals surface area contributed by atoms with Crippen molar-refractivity contribution in [3.8, 4) is 0 Å². The highest BCUT2D eigenvalue weighted by molar-refractivity contribution is 6.30. The average molecular weight is 310 g/mol. The lowest BCUT2D eigenvalue weighted by Crippen LogP contribution is -2.39. The van der Waals surface area contributed by atoms with Crippen LogP contribution in [0, 0.1) is 5.92 Å². The third-order valence-electron chi connectivity index (χ3n) is 4.02. The molecule has 0 unspecified atom stereocenters. The Kier molecular flexibility index (Phi) is 6.22. The summed E-state index contributed by atoms with van der Waals surface area (Å²) in [6.07, 6.45) is 2.03. The fourth-order valence-corrected chi connectivity index (χ4v) is 2.79. The molecule has 1 aliphatic heterocycles. The first-order chi connectivity index (χ1) is 10.1. The van der Waals surface area contributed by atoms with E-state index < -0.39 is 0 Å². The molecule has 1 saturated heterocycles. The number of nitrogens with one attached hydrogen (secondary N) is 1. The number of benzene rings is 1. The van der Waals surface area contributed by atoms with Gasteiger partial charge in [-0.1, -0.05) is 37.6 Å². The third-order valence-corrected chi connectivity index (χ3v) is 4.27. The van der Waals surface area contributed by atoms with Gasteiger partial charge in [-0.2, -0.15) is 0 Å². The summed E-state index contributed by atoms with van der Waals surface area (Å²) in [6, 6.07) is 8.07. The van der Waals surface area contributed by atoms with Crippen LogP contribution in [0.3, 0.4) is 0 Å². The molecular weight excluding hydrogens is 286 g/mol. The smallest absolute Gasteiger partial charge is 0.144 e. The molecule has 3 nitrogen and oxygen atoms in total. The highest BCUT2D eigenvalue weighted by atomic mass is 35.5. The van der Waals surface area contributed by atoms with Crippen LogP contribution in [0.4, 0.5) is 0 Å². The van der Waals surface area contributed by atoms with Gasteiger partial charge in [-0.15, -0.1) is 0 Å². The minimum atomic E-state index is -0.106. The van der Waals surface area contributed by atoms with E-state index in [2.05, 4.69) is 5.32 Å². The molecule has 21 heavy (non-hydrogen) atoms. The van der Waals surface area contributed by atoms with Crippen molar-refractivity contribution in [2.45, 2.75) is 38.6 Å². The van der Waals surface area contributed by atoms with Gasteiger partial charge in [0.15, 0.2) is 0 Å². The second-order valence-electron chi connectivity index (χ2n) is 5.96. The SMILES string of the molecule is CC(C)C(=O)[C@H](CNC1CCOCC1)c1ccc(Cl)cc1. The minimum Gasteiger partial charge on any atom is -0.381 e. The summed E-state index contributed by atoms with van der Waals surface area (Å²) in [5.74, 6) is 0.198. The Labute approximate surface area is 132 Å². The summed E-state index contributed by atoms with van der Waals surface area (Å²) in [6.45, 7) is 6.21. The number of ketones is 1. The van der Waals surface area contributed by atoms with Gasteiger partial charge in [0.2, 0.25) is 0 Å². The van der Waals surface area contributed by atoms with Gasteiger partial charge >= 0.3 is 0 Å². The van der Waals surface area contributed by atoms with Crippen molar-refractivity contribution < 1.29 is 9.53 Å². The van der Waals surface area contributed by atoms with E-state index in [0.717, 1.165) is 31.6 Å². The van der Waals surface area contributed by atoms with Crippen LogP contribution in [-0.2, 0) is 9.53 Å². The normalized spacial score (nSPS) is 17.9. The molecule has 4 heteroatoms. The van der Waals surface area contributed by atoms with Gasteiger partial charge < -0.3 is 10.1 Å². The summed E-state index contributed by atoms with van der Waals surface area (Å²) < 4.78 is 5.37. The lowest BCUT2D eigenvalue weighted by atomic mass is 9.88. The Morgan fingerprint density at radius 1 is 1.29 bits per heavy atom. The van der Waals surface area contributed by atoms with Crippen LogP contribution in [-0.4, -0.2) is 31.6 Å². The fourth-order valence-electron chi connectivity index (χ4n) is 2.67. The molecule has 1 aromatic carbocycles. The van der Waals surface area contributed by atoms with Crippen LogP contribution in [0.2, 0.25) is 5.02 Å². The number of Topliss-reactive ketones (excluding diaryl/α,β-unsaturated/α-hetero) is 1. The van der Waals surface area contributed by atoms with Crippen LogP contribution < -0.4 is 5.32 Å². The van der Waals surface area contributed by atoms with E-state index in [-0.39, 0.29) is 17.6 Å². The van der Waals surface area contributed by atoms with Crippen molar-refractivity contribution in [3.63, 3.8) is 0 Å². The first kappa shape index (κ1) is 16.5. The van der Waals surface area contributed by atoms with Crippen molar-refractivity contribution >= 4 is 17.4 Å². The molecular formula is C17H24ClNO2. The molecule has 0 bridgehead atoms. The van der Waals surface area contributed by atoms with E-state index in [1.807, 2.05) is 38.1 Å². The Morgan fingerprint density at radius 2 is 1.90 bits per heavy atom. The number of hydrogen-bond donors (Lipinski definition) is 1. The molecule has 1 heterocycles. The van der Waals surface area contributed by atoms with E-state index in [1.54, 1.807) is 0 Å². The van der Waals surface area contributed by atoms with E-state index in [9.17, 15) is 4.79 Å². The van der Waals surface area contributed by atoms with Gasteiger partial charge in [-0.3, -0.25) is 4.79 Å². The predicted octanol–water partition coefficient (Wildman–Crippen LogP) is 3.42. The second-order valence-corrected chi connectivity index (χ2v) is 6.39.